The normalized spacial score (nSPS) is 16.0. The molecule has 16 heavy (non-hydrogen) atoms. The molecule has 2 nitrogen and oxygen atoms in total. The third-order valence-corrected chi connectivity index (χ3v) is 3.25. The van der Waals surface area contributed by atoms with Gasteiger partial charge in [-0.05, 0) is 37.0 Å². The van der Waals surface area contributed by atoms with Crippen LogP contribution in [0.2, 0.25) is 5.02 Å². The maximum absolute atomic E-state index is 8.95. The molecule has 0 unspecified atom stereocenters. The molecule has 1 aliphatic rings. The Bertz CT molecular complexity index is 405. The van der Waals surface area contributed by atoms with E-state index in [9.17, 15) is 0 Å². The molecule has 0 N–H and O–H groups in total. The van der Waals surface area contributed by atoms with Crippen LogP contribution in [0.25, 0.3) is 0 Å². The zero-order valence-electron chi connectivity index (χ0n) is 9.08. The highest BCUT2D eigenvalue weighted by molar-refractivity contribution is 6.30. The first-order valence-corrected chi connectivity index (χ1v) is 6.00. The van der Waals surface area contributed by atoms with Crippen molar-refractivity contribution in [3.8, 4) is 11.8 Å². The second-order valence-corrected chi connectivity index (χ2v) is 4.65. The lowest BCUT2D eigenvalue weighted by molar-refractivity contribution is 0.251. The average molecular weight is 236 g/mol. The van der Waals surface area contributed by atoms with Crippen molar-refractivity contribution in [2.24, 2.45) is 5.92 Å². The summed E-state index contributed by atoms with van der Waals surface area (Å²) in [4.78, 5) is 0. The Hall–Kier alpha value is -1.20. The summed E-state index contributed by atoms with van der Waals surface area (Å²) in [6.45, 7) is 0.719. The quantitative estimate of drug-likeness (QED) is 0.799. The average Bonchev–Trinajstić information content (AvgIpc) is 2.80. The zero-order chi connectivity index (χ0) is 11.4. The zero-order valence-corrected chi connectivity index (χ0v) is 9.83. The van der Waals surface area contributed by atoms with Gasteiger partial charge in [0.25, 0.3) is 0 Å². The predicted octanol–water partition coefficient (Wildman–Crippen LogP) is 3.78. The van der Waals surface area contributed by atoms with Gasteiger partial charge in [-0.15, -0.1) is 0 Å². The van der Waals surface area contributed by atoms with Crippen molar-refractivity contribution in [2.45, 2.75) is 25.7 Å². The van der Waals surface area contributed by atoms with Crippen molar-refractivity contribution in [1.82, 2.24) is 0 Å². The van der Waals surface area contributed by atoms with E-state index in [1.807, 2.05) is 0 Å². The van der Waals surface area contributed by atoms with Crippen LogP contribution in [0, 0.1) is 17.2 Å². The van der Waals surface area contributed by atoms with Gasteiger partial charge in [0.15, 0.2) is 0 Å². The van der Waals surface area contributed by atoms with Gasteiger partial charge in [0.2, 0.25) is 0 Å². The minimum absolute atomic E-state index is 0.519. The molecule has 84 valence electrons. The van der Waals surface area contributed by atoms with Gasteiger partial charge in [0.05, 0.1) is 12.2 Å². The number of rotatable bonds is 3. The fraction of sp³-hybridized carbons (Fsp3) is 0.462. The molecule has 0 aliphatic heterocycles. The lowest BCUT2D eigenvalue weighted by Crippen LogP contribution is -2.08. The van der Waals surface area contributed by atoms with E-state index in [1.54, 1.807) is 18.2 Å². The predicted molar refractivity (Wildman–Crippen MR) is 63.6 cm³/mol. The first-order chi connectivity index (χ1) is 7.79. The Morgan fingerprint density at radius 3 is 2.81 bits per heavy atom. The second-order valence-electron chi connectivity index (χ2n) is 4.21. The molecule has 2 rings (SSSR count). The summed E-state index contributed by atoms with van der Waals surface area (Å²) in [5, 5.41) is 9.52. The van der Waals surface area contributed by atoms with Crippen LogP contribution in [0.1, 0.15) is 31.2 Å². The van der Waals surface area contributed by atoms with Gasteiger partial charge < -0.3 is 4.74 Å². The van der Waals surface area contributed by atoms with Crippen LogP contribution in [0.3, 0.4) is 0 Å². The summed E-state index contributed by atoms with van der Waals surface area (Å²) >= 11 is 5.82. The third-order valence-electron chi connectivity index (χ3n) is 3.01. The molecule has 0 spiro atoms. The lowest BCUT2D eigenvalue weighted by Gasteiger charge is -2.12. The summed E-state index contributed by atoms with van der Waals surface area (Å²) in [6, 6.07) is 7.28. The molecule has 1 fully saturated rings. The molecule has 0 bridgehead atoms. The van der Waals surface area contributed by atoms with Crippen molar-refractivity contribution < 1.29 is 4.74 Å². The van der Waals surface area contributed by atoms with Crippen LogP contribution in [0.5, 0.6) is 5.75 Å². The molecular weight excluding hydrogens is 222 g/mol. The number of nitriles is 1. The summed E-state index contributed by atoms with van der Waals surface area (Å²) in [7, 11) is 0. The van der Waals surface area contributed by atoms with Crippen LogP contribution in [-0.4, -0.2) is 6.61 Å². The van der Waals surface area contributed by atoms with Crippen LogP contribution in [-0.2, 0) is 0 Å². The fourth-order valence-electron chi connectivity index (χ4n) is 2.10. The van der Waals surface area contributed by atoms with Gasteiger partial charge in [-0.2, -0.15) is 5.26 Å². The van der Waals surface area contributed by atoms with E-state index in [0.29, 0.717) is 22.3 Å². The molecule has 0 saturated heterocycles. The number of benzene rings is 1. The molecule has 0 heterocycles. The van der Waals surface area contributed by atoms with Crippen molar-refractivity contribution in [2.75, 3.05) is 6.61 Å². The van der Waals surface area contributed by atoms with E-state index < -0.39 is 0 Å². The van der Waals surface area contributed by atoms with Crippen molar-refractivity contribution in [3.63, 3.8) is 0 Å². The summed E-state index contributed by atoms with van der Waals surface area (Å²) in [5.41, 5.74) is 0.519. The smallest absolute Gasteiger partial charge is 0.137 e. The van der Waals surface area contributed by atoms with E-state index in [0.717, 1.165) is 6.61 Å². The molecule has 1 aliphatic carbocycles. The fourth-order valence-corrected chi connectivity index (χ4v) is 2.27. The van der Waals surface area contributed by atoms with E-state index >= 15 is 0 Å². The van der Waals surface area contributed by atoms with Crippen molar-refractivity contribution in [1.29, 1.82) is 5.26 Å². The highest BCUT2D eigenvalue weighted by Gasteiger charge is 2.16. The Labute approximate surface area is 101 Å². The van der Waals surface area contributed by atoms with E-state index in [1.165, 1.54) is 25.7 Å². The van der Waals surface area contributed by atoms with Crippen LogP contribution >= 0.6 is 11.6 Å². The number of halogens is 1. The topological polar surface area (TPSA) is 33.0 Å². The first-order valence-electron chi connectivity index (χ1n) is 5.62. The Morgan fingerprint density at radius 1 is 1.38 bits per heavy atom. The maximum atomic E-state index is 8.95. The van der Waals surface area contributed by atoms with Crippen LogP contribution in [0.15, 0.2) is 18.2 Å². The second kappa shape index (κ2) is 5.23. The minimum atomic E-state index is 0.519. The monoisotopic (exact) mass is 235 g/mol. The van der Waals surface area contributed by atoms with E-state index in [-0.39, 0.29) is 0 Å². The van der Waals surface area contributed by atoms with Crippen LogP contribution < -0.4 is 4.74 Å². The molecule has 3 heteroatoms. The molecule has 0 aromatic heterocycles. The van der Waals surface area contributed by atoms with E-state index in [4.69, 9.17) is 21.6 Å². The summed E-state index contributed by atoms with van der Waals surface area (Å²) in [6.07, 6.45) is 5.10. The van der Waals surface area contributed by atoms with Gasteiger partial charge >= 0.3 is 0 Å². The number of ether oxygens (including phenoxy) is 1. The Balaban J connectivity index is 2.00. The standard InChI is InChI=1S/C13H14ClNO/c14-12-5-6-13(11(7-12)8-15)16-9-10-3-1-2-4-10/h5-7,10H,1-4,9H2. The van der Waals surface area contributed by atoms with Crippen molar-refractivity contribution >= 4 is 11.6 Å². The SMILES string of the molecule is N#Cc1cc(Cl)ccc1OCC1CCCC1. The van der Waals surface area contributed by atoms with Gasteiger partial charge in [-0.1, -0.05) is 24.4 Å². The minimum Gasteiger partial charge on any atom is -0.492 e. The van der Waals surface area contributed by atoms with Crippen molar-refractivity contribution in [3.05, 3.63) is 28.8 Å². The first kappa shape index (κ1) is 11.3. The summed E-state index contributed by atoms with van der Waals surface area (Å²) < 4.78 is 5.69. The van der Waals surface area contributed by atoms with Gasteiger partial charge in [0, 0.05) is 5.02 Å². The number of nitrogens with zero attached hydrogens (tertiary/aromatic N) is 1. The number of hydrogen-bond acceptors (Lipinski definition) is 2. The molecular formula is C13H14ClNO. The van der Waals surface area contributed by atoms with Crippen LogP contribution in [0.4, 0.5) is 0 Å². The molecule has 0 radical (unpaired) electrons. The largest absolute Gasteiger partial charge is 0.492 e. The number of hydrogen-bond donors (Lipinski definition) is 0. The summed E-state index contributed by atoms with van der Waals surface area (Å²) in [5.74, 6) is 1.31. The molecule has 1 aromatic carbocycles. The Morgan fingerprint density at radius 2 is 2.12 bits per heavy atom. The van der Waals surface area contributed by atoms with Gasteiger partial charge in [0.1, 0.15) is 11.8 Å². The highest BCUT2D eigenvalue weighted by Crippen LogP contribution is 2.27. The molecule has 1 saturated carbocycles. The lowest BCUT2D eigenvalue weighted by atomic mass is 10.1. The molecule has 0 atom stereocenters. The molecule has 1 aromatic rings. The highest BCUT2D eigenvalue weighted by atomic mass is 35.5. The third kappa shape index (κ3) is 2.68. The van der Waals surface area contributed by atoms with Gasteiger partial charge in [-0.3, -0.25) is 0 Å². The van der Waals surface area contributed by atoms with Gasteiger partial charge in [-0.25, -0.2) is 0 Å². The maximum Gasteiger partial charge on any atom is 0.137 e. The Kier molecular flexibility index (Phi) is 3.69. The molecule has 0 amide bonds. The van der Waals surface area contributed by atoms with E-state index in [2.05, 4.69) is 6.07 Å².